The lowest BCUT2D eigenvalue weighted by molar-refractivity contribution is -0.132. The van der Waals surface area contributed by atoms with Crippen LogP contribution in [0.1, 0.15) is 5.56 Å². The third kappa shape index (κ3) is 4.81. The van der Waals surface area contributed by atoms with Crippen LogP contribution in [0.15, 0.2) is 51.4 Å². The highest BCUT2D eigenvalue weighted by atomic mass is 79.9. The molecule has 2 aromatic rings. The number of amides is 1. The van der Waals surface area contributed by atoms with Crippen LogP contribution in [-0.2, 0) is 11.3 Å². The van der Waals surface area contributed by atoms with Gasteiger partial charge in [-0.1, -0.05) is 28.1 Å². The van der Waals surface area contributed by atoms with Crippen molar-refractivity contribution in [3.63, 3.8) is 0 Å². The zero-order valence-electron chi connectivity index (χ0n) is 11.9. The van der Waals surface area contributed by atoms with Crippen molar-refractivity contribution in [1.29, 1.82) is 0 Å². The molecule has 0 saturated heterocycles. The smallest absolute Gasteiger partial charge is 0.260 e. The number of carbonyl (C=O) groups is 1. The second-order valence-electron chi connectivity index (χ2n) is 4.74. The van der Waals surface area contributed by atoms with Gasteiger partial charge in [0.25, 0.3) is 5.91 Å². The Balaban J connectivity index is 1.89. The summed E-state index contributed by atoms with van der Waals surface area (Å²) in [6.07, 6.45) is 0. The van der Waals surface area contributed by atoms with E-state index in [2.05, 4.69) is 31.9 Å². The van der Waals surface area contributed by atoms with Gasteiger partial charge in [-0.3, -0.25) is 4.79 Å². The Morgan fingerprint density at radius 3 is 2.50 bits per heavy atom. The fourth-order valence-corrected chi connectivity index (χ4v) is 2.96. The standard InChI is InChI=1S/C16H14Br2FNO2/c1-20(9-11-2-5-13(19)6-3-11)16(21)10-22-15-7-4-12(17)8-14(15)18/h2-8H,9-10H2,1H3. The first-order valence-corrected chi connectivity index (χ1v) is 8.10. The summed E-state index contributed by atoms with van der Waals surface area (Å²) in [6, 6.07) is 11.5. The van der Waals surface area contributed by atoms with Crippen LogP contribution < -0.4 is 4.74 Å². The molecule has 116 valence electrons. The molecule has 6 heteroatoms. The largest absolute Gasteiger partial charge is 0.483 e. The highest BCUT2D eigenvalue weighted by molar-refractivity contribution is 9.11. The lowest BCUT2D eigenvalue weighted by atomic mass is 10.2. The average Bonchev–Trinajstić information content (AvgIpc) is 2.48. The van der Waals surface area contributed by atoms with Crippen molar-refractivity contribution in [3.05, 3.63) is 62.8 Å². The number of hydrogen-bond acceptors (Lipinski definition) is 2. The molecular weight excluding hydrogens is 417 g/mol. The Hall–Kier alpha value is -1.40. The molecule has 3 nitrogen and oxygen atoms in total. The minimum atomic E-state index is -0.291. The van der Waals surface area contributed by atoms with E-state index in [1.54, 1.807) is 30.1 Å². The van der Waals surface area contributed by atoms with Crippen LogP contribution in [0.4, 0.5) is 4.39 Å². The number of likely N-dealkylation sites (N-methyl/N-ethyl adjacent to an activating group) is 1. The van der Waals surface area contributed by atoms with E-state index >= 15 is 0 Å². The number of benzene rings is 2. The normalized spacial score (nSPS) is 10.4. The first-order chi connectivity index (χ1) is 10.5. The van der Waals surface area contributed by atoms with Gasteiger partial charge in [0.1, 0.15) is 11.6 Å². The van der Waals surface area contributed by atoms with Crippen LogP contribution in [0.25, 0.3) is 0 Å². The fourth-order valence-electron chi connectivity index (χ4n) is 1.79. The van der Waals surface area contributed by atoms with E-state index in [4.69, 9.17) is 4.74 Å². The third-order valence-electron chi connectivity index (χ3n) is 3.00. The highest BCUT2D eigenvalue weighted by Gasteiger charge is 2.11. The van der Waals surface area contributed by atoms with E-state index < -0.39 is 0 Å². The third-order valence-corrected chi connectivity index (χ3v) is 4.12. The van der Waals surface area contributed by atoms with Crippen molar-refractivity contribution in [2.45, 2.75) is 6.54 Å². The zero-order chi connectivity index (χ0) is 16.1. The van der Waals surface area contributed by atoms with Crippen molar-refractivity contribution < 1.29 is 13.9 Å². The van der Waals surface area contributed by atoms with Crippen LogP contribution in [0.3, 0.4) is 0 Å². The highest BCUT2D eigenvalue weighted by Crippen LogP contribution is 2.28. The number of nitrogens with zero attached hydrogens (tertiary/aromatic N) is 1. The van der Waals surface area contributed by atoms with Crippen LogP contribution in [0, 0.1) is 5.82 Å². The van der Waals surface area contributed by atoms with E-state index in [0.717, 1.165) is 14.5 Å². The number of ether oxygens (including phenoxy) is 1. The second kappa shape index (κ2) is 7.74. The molecule has 22 heavy (non-hydrogen) atoms. The van der Waals surface area contributed by atoms with E-state index in [9.17, 15) is 9.18 Å². The molecule has 2 aromatic carbocycles. The molecule has 0 N–H and O–H groups in total. The Labute approximate surface area is 145 Å². The summed E-state index contributed by atoms with van der Waals surface area (Å²) in [5.74, 6) is 0.159. The maximum Gasteiger partial charge on any atom is 0.260 e. The van der Waals surface area contributed by atoms with Gasteiger partial charge in [-0.25, -0.2) is 4.39 Å². The van der Waals surface area contributed by atoms with Crippen molar-refractivity contribution in [3.8, 4) is 5.75 Å². The molecule has 0 spiro atoms. The number of hydrogen-bond donors (Lipinski definition) is 0. The van der Waals surface area contributed by atoms with Gasteiger partial charge < -0.3 is 9.64 Å². The first-order valence-electron chi connectivity index (χ1n) is 6.52. The Bertz CT molecular complexity index is 662. The predicted octanol–water partition coefficient (Wildman–Crippen LogP) is 4.39. The molecule has 0 aliphatic heterocycles. The van der Waals surface area contributed by atoms with Crippen molar-refractivity contribution in [2.75, 3.05) is 13.7 Å². The SMILES string of the molecule is CN(Cc1ccc(F)cc1)C(=O)COc1ccc(Br)cc1Br. The molecule has 0 heterocycles. The molecule has 0 aliphatic rings. The van der Waals surface area contributed by atoms with E-state index in [1.165, 1.54) is 12.1 Å². The van der Waals surface area contributed by atoms with Gasteiger partial charge in [0.15, 0.2) is 6.61 Å². The monoisotopic (exact) mass is 429 g/mol. The summed E-state index contributed by atoms with van der Waals surface area (Å²) in [6.45, 7) is 0.349. The summed E-state index contributed by atoms with van der Waals surface area (Å²) in [7, 11) is 1.69. The van der Waals surface area contributed by atoms with Crippen molar-refractivity contribution in [2.24, 2.45) is 0 Å². The lowest BCUT2D eigenvalue weighted by Gasteiger charge is -2.18. The maximum atomic E-state index is 12.8. The van der Waals surface area contributed by atoms with Crippen molar-refractivity contribution in [1.82, 2.24) is 4.90 Å². The van der Waals surface area contributed by atoms with Crippen LogP contribution >= 0.6 is 31.9 Å². The quantitative estimate of drug-likeness (QED) is 0.704. The molecule has 0 unspecified atom stereocenters. The summed E-state index contributed by atoms with van der Waals surface area (Å²) in [4.78, 5) is 13.6. The van der Waals surface area contributed by atoms with Crippen LogP contribution in [-0.4, -0.2) is 24.5 Å². The summed E-state index contributed by atoms with van der Waals surface area (Å²) < 4.78 is 20.1. The van der Waals surface area contributed by atoms with Gasteiger partial charge in [-0.2, -0.15) is 0 Å². The molecule has 2 rings (SSSR count). The zero-order valence-corrected chi connectivity index (χ0v) is 15.0. The molecule has 0 fully saturated rings. The fraction of sp³-hybridized carbons (Fsp3) is 0.188. The molecule has 0 bridgehead atoms. The van der Waals surface area contributed by atoms with E-state index in [1.807, 2.05) is 12.1 Å². The molecule has 1 amide bonds. The molecule has 0 saturated carbocycles. The van der Waals surface area contributed by atoms with Crippen LogP contribution in [0.2, 0.25) is 0 Å². The summed E-state index contributed by atoms with van der Waals surface area (Å²) in [5.41, 5.74) is 0.863. The van der Waals surface area contributed by atoms with E-state index in [0.29, 0.717) is 12.3 Å². The second-order valence-corrected chi connectivity index (χ2v) is 6.51. The maximum absolute atomic E-state index is 12.8. The van der Waals surface area contributed by atoms with Crippen molar-refractivity contribution >= 4 is 37.8 Å². The topological polar surface area (TPSA) is 29.5 Å². The Kier molecular flexibility index (Phi) is 5.97. The van der Waals surface area contributed by atoms with E-state index in [-0.39, 0.29) is 18.3 Å². The van der Waals surface area contributed by atoms with Gasteiger partial charge in [0.05, 0.1) is 4.47 Å². The Morgan fingerprint density at radius 2 is 1.86 bits per heavy atom. The lowest BCUT2D eigenvalue weighted by Crippen LogP contribution is -2.31. The van der Waals surface area contributed by atoms with Gasteiger partial charge >= 0.3 is 0 Å². The minimum absolute atomic E-state index is 0.0576. The van der Waals surface area contributed by atoms with Crippen LogP contribution in [0.5, 0.6) is 5.75 Å². The first kappa shape index (κ1) is 17.0. The summed E-state index contributed by atoms with van der Waals surface area (Å²) >= 11 is 6.73. The van der Waals surface area contributed by atoms with Gasteiger partial charge in [0.2, 0.25) is 0 Å². The van der Waals surface area contributed by atoms with Gasteiger partial charge in [0, 0.05) is 18.1 Å². The minimum Gasteiger partial charge on any atom is -0.483 e. The molecule has 0 atom stereocenters. The molecular formula is C16H14Br2FNO2. The summed E-state index contributed by atoms with van der Waals surface area (Å²) in [5, 5.41) is 0. The average molecular weight is 431 g/mol. The molecule has 0 aromatic heterocycles. The number of halogens is 3. The number of rotatable bonds is 5. The van der Waals surface area contributed by atoms with Gasteiger partial charge in [-0.15, -0.1) is 0 Å². The molecule has 0 aliphatic carbocycles. The molecule has 0 radical (unpaired) electrons. The predicted molar refractivity (Wildman–Crippen MR) is 90.2 cm³/mol. The Morgan fingerprint density at radius 1 is 1.18 bits per heavy atom. The van der Waals surface area contributed by atoms with Gasteiger partial charge in [-0.05, 0) is 51.8 Å². The number of carbonyl (C=O) groups excluding carboxylic acids is 1.